The van der Waals surface area contributed by atoms with Gasteiger partial charge in [-0.2, -0.15) is 5.10 Å². The first kappa shape index (κ1) is 15.5. The number of ether oxygens (including phenoxy) is 1. The summed E-state index contributed by atoms with van der Waals surface area (Å²) in [4.78, 5) is 4.44. The number of aromatic nitrogens is 3. The highest BCUT2D eigenvalue weighted by Crippen LogP contribution is 2.08. The summed E-state index contributed by atoms with van der Waals surface area (Å²) >= 11 is 0. The minimum absolute atomic E-state index is 0.413. The van der Waals surface area contributed by atoms with Crippen molar-refractivity contribution >= 4 is 12.6 Å². The summed E-state index contributed by atoms with van der Waals surface area (Å²) in [5.41, 5.74) is 0.413. The van der Waals surface area contributed by atoms with E-state index < -0.39 is 7.12 Å². The van der Waals surface area contributed by atoms with Crippen LogP contribution in [0.25, 0.3) is 0 Å². The highest BCUT2D eigenvalue weighted by Gasteiger charge is 2.11. The Balaban J connectivity index is 1.95. The van der Waals surface area contributed by atoms with Crippen LogP contribution in [0.4, 0.5) is 0 Å². The summed E-state index contributed by atoms with van der Waals surface area (Å²) in [6, 6.07) is 6.76. The number of rotatable bonds is 7. The first-order valence-electron chi connectivity index (χ1n) is 7.15. The molecule has 0 fully saturated rings. The molecule has 0 amide bonds. The van der Waals surface area contributed by atoms with Gasteiger partial charge in [0.05, 0.1) is 6.54 Å². The van der Waals surface area contributed by atoms with Crippen LogP contribution in [0, 0.1) is 0 Å². The Morgan fingerprint density at radius 3 is 2.71 bits per heavy atom. The van der Waals surface area contributed by atoms with E-state index in [2.05, 4.69) is 10.1 Å². The van der Waals surface area contributed by atoms with Crippen molar-refractivity contribution in [3.8, 4) is 5.75 Å². The van der Waals surface area contributed by atoms with E-state index in [1.54, 1.807) is 24.3 Å². The van der Waals surface area contributed by atoms with Gasteiger partial charge in [-0.25, -0.2) is 9.67 Å². The highest BCUT2D eigenvalue weighted by molar-refractivity contribution is 6.58. The third-order valence-corrected chi connectivity index (χ3v) is 3.15. The van der Waals surface area contributed by atoms with Crippen molar-refractivity contribution in [2.24, 2.45) is 0 Å². The Kier molecular flexibility index (Phi) is 5.35. The molecule has 0 spiro atoms. The number of hydrogen-bond donors (Lipinski definition) is 2. The van der Waals surface area contributed by atoms with E-state index in [4.69, 9.17) is 14.8 Å². The maximum Gasteiger partial charge on any atom is 0.488 e. The molecule has 0 aliphatic heterocycles. The molecular formula is C14H20BN3O3. The van der Waals surface area contributed by atoms with Crippen LogP contribution in [0.15, 0.2) is 24.3 Å². The second-order valence-electron chi connectivity index (χ2n) is 4.67. The van der Waals surface area contributed by atoms with Crippen molar-refractivity contribution in [1.82, 2.24) is 14.8 Å². The summed E-state index contributed by atoms with van der Waals surface area (Å²) in [6.07, 6.45) is 1.65. The van der Waals surface area contributed by atoms with Crippen LogP contribution in [-0.4, -0.2) is 38.5 Å². The summed E-state index contributed by atoms with van der Waals surface area (Å²) in [5.74, 6) is 2.40. The zero-order chi connectivity index (χ0) is 15.2. The fourth-order valence-electron chi connectivity index (χ4n) is 2.03. The number of benzene rings is 1. The van der Waals surface area contributed by atoms with Gasteiger partial charge >= 0.3 is 7.12 Å². The van der Waals surface area contributed by atoms with E-state index in [0.717, 1.165) is 24.5 Å². The molecule has 0 aliphatic rings. The molecule has 0 saturated heterocycles. The molecule has 0 unspecified atom stereocenters. The molecular weight excluding hydrogens is 269 g/mol. The smallest absolute Gasteiger partial charge is 0.488 e. The molecule has 1 aromatic heterocycles. The molecule has 2 rings (SSSR count). The predicted octanol–water partition coefficient (Wildman–Crippen LogP) is 0.162. The minimum atomic E-state index is -1.48. The van der Waals surface area contributed by atoms with Crippen LogP contribution in [0.3, 0.4) is 0 Å². The molecule has 21 heavy (non-hydrogen) atoms. The SMILES string of the molecule is CCc1nc(CC)n(CCOc2cccc(B(O)O)c2)n1. The first-order chi connectivity index (χ1) is 10.1. The monoisotopic (exact) mass is 289 g/mol. The second-order valence-corrected chi connectivity index (χ2v) is 4.67. The van der Waals surface area contributed by atoms with Gasteiger partial charge in [0, 0.05) is 12.8 Å². The van der Waals surface area contributed by atoms with Gasteiger partial charge in [0.1, 0.15) is 18.2 Å². The van der Waals surface area contributed by atoms with Crippen molar-refractivity contribution in [2.75, 3.05) is 6.61 Å². The average Bonchev–Trinajstić information content (AvgIpc) is 2.90. The van der Waals surface area contributed by atoms with Gasteiger partial charge in [-0.1, -0.05) is 26.0 Å². The quantitative estimate of drug-likeness (QED) is 0.710. The summed E-state index contributed by atoms with van der Waals surface area (Å²) in [6.45, 7) is 5.14. The van der Waals surface area contributed by atoms with Gasteiger partial charge in [0.25, 0.3) is 0 Å². The predicted molar refractivity (Wildman–Crippen MR) is 80.5 cm³/mol. The van der Waals surface area contributed by atoms with Crippen molar-refractivity contribution < 1.29 is 14.8 Å². The number of aryl methyl sites for hydroxylation is 2. The minimum Gasteiger partial charge on any atom is -0.492 e. The average molecular weight is 289 g/mol. The van der Waals surface area contributed by atoms with Crippen LogP contribution >= 0.6 is 0 Å². The molecule has 2 N–H and O–H groups in total. The highest BCUT2D eigenvalue weighted by atomic mass is 16.5. The largest absolute Gasteiger partial charge is 0.492 e. The van der Waals surface area contributed by atoms with E-state index in [9.17, 15) is 0 Å². The molecule has 1 aromatic carbocycles. The Hall–Kier alpha value is -1.86. The molecule has 2 aromatic rings. The lowest BCUT2D eigenvalue weighted by atomic mass is 9.80. The van der Waals surface area contributed by atoms with Crippen molar-refractivity contribution in [2.45, 2.75) is 33.2 Å². The zero-order valence-electron chi connectivity index (χ0n) is 12.4. The van der Waals surface area contributed by atoms with Crippen molar-refractivity contribution in [3.63, 3.8) is 0 Å². The van der Waals surface area contributed by atoms with Gasteiger partial charge in [-0.15, -0.1) is 0 Å². The summed E-state index contributed by atoms with van der Waals surface area (Å²) in [7, 11) is -1.48. The van der Waals surface area contributed by atoms with Gasteiger partial charge in [-0.05, 0) is 17.6 Å². The lowest BCUT2D eigenvalue weighted by Crippen LogP contribution is -2.29. The molecule has 1 heterocycles. The molecule has 0 atom stereocenters. The Bertz CT molecular complexity index is 587. The first-order valence-corrected chi connectivity index (χ1v) is 7.15. The van der Waals surface area contributed by atoms with Crippen LogP contribution in [0.1, 0.15) is 25.5 Å². The van der Waals surface area contributed by atoms with Crippen LogP contribution in [0.5, 0.6) is 5.75 Å². The van der Waals surface area contributed by atoms with Crippen molar-refractivity contribution in [1.29, 1.82) is 0 Å². The van der Waals surface area contributed by atoms with E-state index in [1.165, 1.54) is 0 Å². The lowest BCUT2D eigenvalue weighted by Gasteiger charge is -2.09. The Morgan fingerprint density at radius 2 is 2.05 bits per heavy atom. The van der Waals surface area contributed by atoms with E-state index >= 15 is 0 Å². The molecule has 0 bridgehead atoms. The van der Waals surface area contributed by atoms with E-state index in [1.807, 2.05) is 18.5 Å². The zero-order valence-corrected chi connectivity index (χ0v) is 12.4. The topological polar surface area (TPSA) is 80.4 Å². The second kappa shape index (κ2) is 7.24. The summed E-state index contributed by atoms with van der Waals surface area (Å²) < 4.78 is 7.50. The molecule has 7 heteroatoms. The lowest BCUT2D eigenvalue weighted by molar-refractivity contribution is 0.288. The van der Waals surface area contributed by atoms with Gasteiger partial charge in [0.2, 0.25) is 0 Å². The van der Waals surface area contributed by atoms with Crippen LogP contribution in [0.2, 0.25) is 0 Å². The normalized spacial score (nSPS) is 10.7. The maximum atomic E-state index is 9.13. The molecule has 0 radical (unpaired) electrons. The van der Waals surface area contributed by atoms with Gasteiger partial charge in [-0.3, -0.25) is 0 Å². The third kappa shape index (κ3) is 4.06. The molecule has 0 aliphatic carbocycles. The van der Waals surface area contributed by atoms with E-state index in [-0.39, 0.29) is 0 Å². The Labute approximate surface area is 124 Å². The van der Waals surface area contributed by atoms with Gasteiger partial charge in [0.15, 0.2) is 5.82 Å². The Morgan fingerprint density at radius 1 is 1.24 bits per heavy atom. The summed E-state index contributed by atoms with van der Waals surface area (Å²) in [5, 5.41) is 22.7. The van der Waals surface area contributed by atoms with Crippen molar-refractivity contribution in [3.05, 3.63) is 35.9 Å². The fraction of sp³-hybridized carbons (Fsp3) is 0.429. The van der Waals surface area contributed by atoms with Crippen LogP contribution in [-0.2, 0) is 19.4 Å². The van der Waals surface area contributed by atoms with Gasteiger partial charge < -0.3 is 14.8 Å². The van der Waals surface area contributed by atoms with Crippen LogP contribution < -0.4 is 10.2 Å². The standard InChI is InChI=1S/C14H20BN3O3/c1-3-13-16-14(4-2)18(17-13)8-9-21-12-7-5-6-11(10-12)15(19)20/h5-7,10,19-20H,3-4,8-9H2,1-2H3. The molecule has 112 valence electrons. The molecule has 0 saturated carbocycles. The number of hydrogen-bond acceptors (Lipinski definition) is 5. The molecule has 6 nitrogen and oxygen atoms in total. The number of nitrogens with zero attached hydrogens (tertiary/aromatic N) is 3. The third-order valence-electron chi connectivity index (χ3n) is 3.15. The maximum absolute atomic E-state index is 9.13. The van der Waals surface area contributed by atoms with E-state index in [0.29, 0.717) is 24.4 Å². The fourth-order valence-corrected chi connectivity index (χ4v) is 2.03.